The largest absolute Gasteiger partial charge is 0.454 e. The van der Waals surface area contributed by atoms with E-state index in [9.17, 15) is 14.4 Å². The second-order valence-electron chi connectivity index (χ2n) is 28.0. The van der Waals surface area contributed by atoms with E-state index in [1.807, 2.05) is 50.3 Å². The quantitative estimate of drug-likeness (QED) is 0.102. The predicted molar refractivity (Wildman–Crippen MR) is 368 cm³/mol. The van der Waals surface area contributed by atoms with Gasteiger partial charge in [-0.3, -0.25) is 27.8 Å². The van der Waals surface area contributed by atoms with Crippen LogP contribution in [0.4, 0.5) is 69.4 Å². The average Bonchev–Trinajstić information content (AvgIpc) is 0.944. The molecule has 15 rings (SSSR count). The fourth-order valence-corrected chi connectivity index (χ4v) is 25.6. The summed E-state index contributed by atoms with van der Waals surface area (Å²) in [5, 5.41) is 12.2. The second kappa shape index (κ2) is 22.7. The van der Waals surface area contributed by atoms with Crippen molar-refractivity contribution in [3.8, 4) is 11.5 Å². The van der Waals surface area contributed by atoms with Crippen LogP contribution >= 0.6 is 11.7 Å². The van der Waals surface area contributed by atoms with Gasteiger partial charge in [0.25, 0.3) is 0 Å². The summed E-state index contributed by atoms with van der Waals surface area (Å²) in [7, 11) is -0.678. The third kappa shape index (κ3) is 10.6. The van der Waals surface area contributed by atoms with Crippen molar-refractivity contribution in [1.82, 2.24) is 33.7 Å². The van der Waals surface area contributed by atoms with E-state index in [-0.39, 0.29) is 55.7 Å². The molecule has 7 aliphatic rings. The Hall–Kier alpha value is -8.41. The van der Waals surface area contributed by atoms with Crippen LogP contribution in [0.1, 0.15) is 55.2 Å². The lowest BCUT2D eigenvalue weighted by Gasteiger charge is -2.44. The number of rotatable bonds is 11. The SMILES string of the molecule is Cc1cc2c(cc1Nc1ncc3c(n1)N(C1CC[Si](C)([n+]4cc5c(nc4Nc4cc6nsnc6cc4C)N(C4CC[Si](C)([n+]6cc7c(nc6Nc6cc8cccnc8cc6C)N(C6CC[Si](C)(C)CC6)CC(=O)N7C)CC4)CC(=O)N5C)CC1)CC(=O)N3C)OCO2. The van der Waals surface area contributed by atoms with Crippen LogP contribution in [0.2, 0.25) is 62.5 Å². The van der Waals surface area contributed by atoms with Crippen molar-refractivity contribution < 1.29 is 32.3 Å². The number of likely N-dealkylation sites (N-methyl/N-ethyl adjacent to an activating group) is 3. The Balaban J connectivity index is 0.747. The van der Waals surface area contributed by atoms with E-state index >= 15 is 0 Å². The molecular formula is C65H80N18O5SSi3+2. The smallest absolute Gasteiger partial charge is 0.386 e. The monoisotopic (exact) mass is 1310 g/mol. The lowest BCUT2D eigenvalue weighted by Crippen LogP contribution is -2.67. The number of aryl methyl sites for hydroxylation is 3. The molecule has 0 spiro atoms. The molecule has 3 aromatic carbocycles. The van der Waals surface area contributed by atoms with Gasteiger partial charge in [-0.15, -0.1) is 0 Å². The minimum absolute atomic E-state index is 0.0122. The third-order valence-corrected chi connectivity index (χ3v) is 33.7. The first-order valence-corrected chi connectivity index (χ1v) is 42.2. The molecule has 12 heterocycles. The van der Waals surface area contributed by atoms with Gasteiger partial charge in [-0.1, -0.05) is 41.2 Å². The summed E-state index contributed by atoms with van der Waals surface area (Å²) < 4.78 is 25.4. The highest BCUT2D eigenvalue weighted by atomic mass is 32.1. The molecule has 3 saturated heterocycles. The number of ether oxygens (including phenoxy) is 2. The van der Waals surface area contributed by atoms with E-state index in [1.165, 1.54) is 23.8 Å². The summed E-state index contributed by atoms with van der Waals surface area (Å²) in [5.74, 6) is 5.79. The topological polar surface area (TPSA) is 223 Å². The zero-order valence-electron chi connectivity index (χ0n) is 54.1. The molecule has 3 amide bonds. The van der Waals surface area contributed by atoms with E-state index < -0.39 is 24.5 Å². The van der Waals surface area contributed by atoms with Crippen LogP contribution in [-0.4, -0.2) is 142 Å². The van der Waals surface area contributed by atoms with E-state index in [0.29, 0.717) is 29.7 Å². The molecule has 0 aliphatic carbocycles. The van der Waals surface area contributed by atoms with Crippen molar-refractivity contribution >= 4 is 145 Å². The number of nitrogens with one attached hydrogen (secondary N) is 3. The van der Waals surface area contributed by atoms with Crippen molar-refractivity contribution in [3.05, 3.63) is 90.0 Å². The Morgan fingerprint density at radius 3 is 1.54 bits per heavy atom. The predicted octanol–water partition coefficient (Wildman–Crippen LogP) is 10.1. The fourth-order valence-electron chi connectivity index (χ4n) is 15.2. The van der Waals surface area contributed by atoms with Crippen molar-refractivity contribution in [2.45, 2.75) is 140 Å². The lowest BCUT2D eigenvalue weighted by molar-refractivity contribution is -0.535. The number of carbonyl (C=O) groups excluding carboxylic acids is 3. The second-order valence-corrected chi connectivity index (χ2v) is 42.8. The Bertz CT molecular complexity index is 4340. The normalized spacial score (nSPS) is 23.1. The van der Waals surface area contributed by atoms with Gasteiger partial charge < -0.3 is 44.2 Å². The maximum absolute atomic E-state index is 14.6. The molecule has 7 aliphatic heterocycles. The van der Waals surface area contributed by atoms with Crippen LogP contribution in [0, 0.1) is 20.8 Å². The van der Waals surface area contributed by atoms with Crippen LogP contribution in [0.3, 0.4) is 0 Å². The van der Waals surface area contributed by atoms with Crippen LogP contribution < -0.4 is 63.3 Å². The first kappa shape index (κ1) is 59.9. The van der Waals surface area contributed by atoms with Gasteiger partial charge in [-0.2, -0.15) is 13.7 Å². The number of pyridine rings is 1. The van der Waals surface area contributed by atoms with E-state index in [2.05, 4.69) is 136 Å². The number of benzene rings is 3. The Morgan fingerprint density at radius 2 is 0.989 bits per heavy atom. The molecule has 0 radical (unpaired) electrons. The molecule has 476 valence electrons. The van der Waals surface area contributed by atoms with Crippen molar-refractivity contribution in [3.63, 3.8) is 0 Å². The highest BCUT2D eigenvalue weighted by Crippen LogP contribution is 2.45. The fraction of sp³-hybridized carbons (Fsp3) is 0.446. The number of amides is 3. The maximum atomic E-state index is 14.6. The molecule has 3 fully saturated rings. The number of carbonyl (C=O) groups is 3. The van der Waals surface area contributed by atoms with Gasteiger partial charge in [-0.05, 0) is 144 Å². The number of aromatic nitrogens is 9. The van der Waals surface area contributed by atoms with Gasteiger partial charge in [0.1, 0.15) is 52.6 Å². The summed E-state index contributed by atoms with van der Waals surface area (Å²) in [4.78, 5) is 80.5. The number of fused-ring (bicyclic) bond motifs is 6. The summed E-state index contributed by atoms with van der Waals surface area (Å²) in [6.07, 6.45) is 13.5. The number of nitrogens with zero attached hydrogens (tertiary/aromatic N) is 15. The summed E-state index contributed by atoms with van der Waals surface area (Å²) in [5.41, 5.74) is 10.7. The van der Waals surface area contributed by atoms with Crippen molar-refractivity contribution in [1.29, 1.82) is 0 Å². The molecule has 0 saturated carbocycles. The Morgan fingerprint density at radius 1 is 0.533 bits per heavy atom. The summed E-state index contributed by atoms with van der Waals surface area (Å²) in [6.45, 7) is 17.0. The summed E-state index contributed by atoms with van der Waals surface area (Å²) >= 11 is 1.20. The summed E-state index contributed by atoms with van der Waals surface area (Å²) in [6, 6.07) is 22.8. The third-order valence-electron chi connectivity index (χ3n) is 21.4. The zero-order chi connectivity index (χ0) is 63.7. The maximum Gasteiger partial charge on any atom is 0.386 e. The van der Waals surface area contributed by atoms with Crippen molar-refractivity contribution in [2.75, 3.05) is 92.9 Å². The molecule has 3 N–H and O–H groups in total. The van der Waals surface area contributed by atoms with Gasteiger partial charge in [0.2, 0.25) is 58.6 Å². The highest BCUT2D eigenvalue weighted by molar-refractivity contribution is 7.00. The molecule has 23 nitrogen and oxygen atoms in total. The van der Waals surface area contributed by atoms with E-state index in [1.54, 1.807) is 23.0 Å². The minimum Gasteiger partial charge on any atom is -0.454 e. The Kier molecular flexibility index (Phi) is 14.8. The minimum atomic E-state index is -2.51. The average molecular weight is 1310 g/mol. The molecule has 92 heavy (non-hydrogen) atoms. The first-order valence-electron chi connectivity index (χ1n) is 32.4. The van der Waals surface area contributed by atoms with Gasteiger partial charge in [0, 0.05) is 76.7 Å². The molecule has 0 unspecified atom stereocenters. The van der Waals surface area contributed by atoms with Crippen LogP contribution in [0.25, 0.3) is 21.9 Å². The van der Waals surface area contributed by atoms with Crippen LogP contribution in [0.5, 0.6) is 11.5 Å². The molecule has 8 aromatic rings. The van der Waals surface area contributed by atoms with Crippen LogP contribution in [0.15, 0.2) is 73.3 Å². The van der Waals surface area contributed by atoms with Gasteiger partial charge in [0.05, 0.1) is 42.4 Å². The van der Waals surface area contributed by atoms with Crippen molar-refractivity contribution in [2.24, 2.45) is 0 Å². The zero-order valence-corrected chi connectivity index (χ0v) is 57.9. The number of hydrogen-bond acceptors (Lipinski definition) is 19. The first-order chi connectivity index (χ1) is 44.2. The molecule has 0 bridgehead atoms. The van der Waals surface area contributed by atoms with E-state index in [4.69, 9.17) is 29.4 Å². The van der Waals surface area contributed by atoms with Crippen LogP contribution in [-0.2, 0) is 14.4 Å². The number of anilines is 12. The molecular weight excluding hydrogens is 1230 g/mol. The standard InChI is InChI=1S/C65H78N18O5SSi3/c1-39-26-49-42(12-11-19-66-49)29-46(39)69-64-72-61-53(77(5)58(85)36-80(61)43-13-20-90(7,8)21-14-43)33-82(64)91(9)24-17-45(18-25-91)81-37-59(86)78(6)54-34-83(65(73-62(54)81)70-47-30-51-50(27-40(47)2)74-89-75-51)92(10)22-15-44(16-23-92)79-35-57(84)76(4)52-32-67-63(71-60(52)79)68-48-31-56-55(28-41(48)3)87-38-88-56/h11-12,19,26-34,43-45H,13-18,20-25,35-38H2,1-10H3,(H,67,68,71)/p+2. The van der Waals surface area contributed by atoms with Gasteiger partial charge >= 0.3 is 11.9 Å². The van der Waals surface area contributed by atoms with Gasteiger partial charge in [-0.25, -0.2) is 15.6 Å². The number of hydrogen-bond donors (Lipinski definition) is 3. The Labute approximate surface area is 542 Å². The van der Waals surface area contributed by atoms with Gasteiger partial charge in [0.15, 0.2) is 17.3 Å². The molecule has 27 heteroatoms. The molecule has 5 aromatic heterocycles. The molecule has 0 atom stereocenters. The van der Waals surface area contributed by atoms with E-state index in [0.717, 1.165) is 159 Å². The highest BCUT2D eigenvalue weighted by Gasteiger charge is 2.50. The lowest BCUT2D eigenvalue weighted by atomic mass is 10.1.